The number of amides is 1. The van der Waals surface area contributed by atoms with E-state index in [9.17, 15) is 4.79 Å². The summed E-state index contributed by atoms with van der Waals surface area (Å²) in [5.74, 6) is 2.10. The van der Waals surface area contributed by atoms with E-state index in [4.69, 9.17) is 14.2 Å². The molecule has 2 fully saturated rings. The molecule has 3 rings (SSSR count). The fourth-order valence-corrected chi connectivity index (χ4v) is 4.37. The highest BCUT2D eigenvalue weighted by Crippen LogP contribution is 2.45. The van der Waals surface area contributed by atoms with Crippen LogP contribution in [0.5, 0.6) is 11.5 Å². The van der Waals surface area contributed by atoms with Crippen molar-refractivity contribution in [1.29, 1.82) is 0 Å². The van der Waals surface area contributed by atoms with Crippen LogP contribution in [-0.4, -0.2) is 75.1 Å². The molecule has 6 nitrogen and oxygen atoms in total. The summed E-state index contributed by atoms with van der Waals surface area (Å²) in [5, 5.41) is -0.0245. The van der Waals surface area contributed by atoms with Crippen LogP contribution >= 0.6 is 11.8 Å². The second kappa shape index (κ2) is 8.09. The van der Waals surface area contributed by atoms with Crippen LogP contribution in [0.2, 0.25) is 0 Å². The molecule has 24 heavy (non-hydrogen) atoms. The van der Waals surface area contributed by atoms with Crippen molar-refractivity contribution in [1.82, 2.24) is 9.80 Å². The number of benzene rings is 1. The van der Waals surface area contributed by atoms with Gasteiger partial charge in [-0.2, -0.15) is 0 Å². The fourth-order valence-electron chi connectivity index (χ4n) is 3.13. The third-order valence-corrected chi connectivity index (χ3v) is 5.67. The molecule has 1 atom stereocenters. The second-order valence-electron chi connectivity index (χ2n) is 5.79. The third kappa shape index (κ3) is 3.63. The van der Waals surface area contributed by atoms with E-state index in [-0.39, 0.29) is 11.3 Å². The van der Waals surface area contributed by atoms with E-state index in [0.29, 0.717) is 17.3 Å². The summed E-state index contributed by atoms with van der Waals surface area (Å²) in [6.45, 7) is 5.01. The van der Waals surface area contributed by atoms with Crippen molar-refractivity contribution in [2.45, 2.75) is 5.37 Å². The largest absolute Gasteiger partial charge is 0.493 e. The summed E-state index contributed by atoms with van der Waals surface area (Å²) in [6.07, 6.45) is 0. The summed E-state index contributed by atoms with van der Waals surface area (Å²) in [4.78, 5) is 16.7. The van der Waals surface area contributed by atoms with Gasteiger partial charge in [-0.15, -0.1) is 11.8 Å². The Labute approximate surface area is 147 Å². The second-order valence-corrected chi connectivity index (χ2v) is 6.86. The lowest BCUT2D eigenvalue weighted by molar-refractivity contribution is -0.128. The number of hydrogen-bond acceptors (Lipinski definition) is 6. The molecule has 0 aliphatic carbocycles. The van der Waals surface area contributed by atoms with Gasteiger partial charge < -0.3 is 19.1 Å². The van der Waals surface area contributed by atoms with Crippen molar-refractivity contribution in [3.63, 3.8) is 0 Å². The van der Waals surface area contributed by atoms with E-state index in [1.54, 1.807) is 26.0 Å². The predicted octanol–water partition coefficient (Wildman–Crippen LogP) is 1.61. The van der Waals surface area contributed by atoms with Gasteiger partial charge in [0.1, 0.15) is 5.37 Å². The number of rotatable bonds is 6. The molecule has 132 valence electrons. The number of ether oxygens (including phenoxy) is 3. The van der Waals surface area contributed by atoms with E-state index in [0.717, 1.165) is 45.0 Å². The van der Waals surface area contributed by atoms with Crippen LogP contribution in [0, 0.1) is 0 Å². The average molecular weight is 352 g/mol. The summed E-state index contributed by atoms with van der Waals surface area (Å²) >= 11 is 1.64. The van der Waals surface area contributed by atoms with Crippen molar-refractivity contribution in [3.8, 4) is 11.5 Å². The maximum Gasteiger partial charge on any atom is 0.233 e. The molecule has 2 heterocycles. The van der Waals surface area contributed by atoms with Gasteiger partial charge in [0.15, 0.2) is 11.5 Å². The Hall–Kier alpha value is -1.44. The minimum Gasteiger partial charge on any atom is -0.493 e. The zero-order chi connectivity index (χ0) is 16.9. The van der Waals surface area contributed by atoms with E-state index in [2.05, 4.69) is 4.90 Å². The van der Waals surface area contributed by atoms with Gasteiger partial charge in [0.05, 0.1) is 33.2 Å². The lowest BCUT2D eigenvalue weighted by atomic mass is 10.1. The van der Waals surface area contributed by atoms with Gasteiger partial charge in [-0.1, -0.05) is 12.1 Å². The fraction of sp³-hybridized carbons (Fsp3) is 0.588. The van der Waals surface area contributed by atoms with Crippen LogP contribution in [0.15, 0.2) is 18.2 Å². The summed E-state index contributed by atoms with van der Waals surface area (Å²) in [5.41, 5.74) is 0.995. The molecule has 2 saturated heterocycles. The maximum atomic E-state index is 12.4. The molecular weight excluding hydrogens is 328 g/mol. The molecule has 1 unspecified atom stereocenters. The molecule has 2 aliphatic heterocycles. The molecular formula is C17H24N2O4S. The lowest BCUT2D eigenvalue weighted by Crippen LogP contribution is -2.42. The highest BCUT2D eigenvalue weighted by atomic mass is 32.2. The third-order valence-electron chi connectivity index (χ3n) is 4.43. The minimum absolute atomic E-state index is 0.0245. The molecule has 2 aliphatic rings. The van der Waals surface area contributed by atoms with Crippen molar-refractivity contribution in [3.05, 3.63) is 23.8 Å². The Balaban J connectivity index is 1.75. The number of hydrogen-bond donors (Lipinski definition) is 0. The van der Waals surface area contributed by atoms with E-state index >= 15 is 0 Å². The number of carbonyl (C=O) groups excluding carboxylic acids is 1. The SMILES string of the molecule is COc1cccc(C2SCC(=O)N2CCN2CCOCC2)c1OC. The van der Waals surface area contributed by atoms with Crippen molar-refractivity contribution in [2.24, 2.45) is 0 Å². The summed E-state index contributed by atoms with van der Waals surface area (Å²) in [6, 6.07) is 5.83. The quantitative estimate of drug-likeness (QED) is 0.775. The highest BCUT2D eigenvalue weighted by molar-refractivity contribution is 8.00. The summed E-state index contributed by atoms with van der Waals surface area (Å²) in [7, 11) is 3.27. The first-order valence-electron chi connectivity index (χ1n) is 8.16. The Morgan fingerprint density at radius 3 is 2.71 bits per heavy atom. The van der Waals surface area contributed by atoms with Crippen LogP contribution in [0.4, 0.5) is 0 Å². The van der Waals surface area contributed by atoms with Crippen LogP contribution < -0.4 is 9.47 Å². The first-order valence-corrected chi connectivity index (χ1v) is 9.21. The first kappa shape index (κ1) is 17.4. The number of nitrogens with zero attached hydrogens (tertiary/aromatic N) is 2. The van der Waals surface area contributed by atoms with Gasteiger partial charge in [-0.05, 0) is 6.07 Å². The van der Waals surface area contributed by atoms with Crippen molar-refractivity contribution >= 4 is 17.7 Å². The van der Waals surface area contributed by atoms with E-state index < -0.39 is 0 Å². The molecule has 0 spiro atoms. The Morgan fingerprint density at radius 2 is 2.00 bits per heavy atom. The zero-order valence-electron chi connectivity index (χ0n) is 14.2. The minimum atomic E-state index is -0.0245. The van der Waals surface area contributed by atoms with Gasteiger partial charge in [0.2, 0.25) is 5.91 Å². The van der Waals surface area contributed by atoms with Gasteiger partial charge in [-0.25, -0.2) is 0 Å². The molecule has 0 aromatic heterocycles. The van der Waals surface area contributed by atoms with Crippen LogP contribution in [0.1, 0.15) is 10.9 Å². The molecule has 0 N–H and O–H groups in total. The molecule has 0 bridgehead atoms. The van der Waals surface area contributed by atoms with Crippen LogP contribution in [0.25, 0.3) is 0 Å². The number of para-hydroxylation sites is 1. The normalized spacial score (nSPS) is 22.0. The molecule has 1 aromatic carbocycles. The number of methoxy groups -OCH3 is 2. The van der Waals surface area contributed by atoms with Gasteiger partial charge in [0, 0.05) is 31.7 Å². The Morgan fingerprint density at radius 1 is 1.21 bits per heavy atom. The van der Waals surface area contributed by atoms with Gasteiger partial charge >= 0.3 is 0 Å². The Bertz CT molecular complexity index is 578. The topological polar surface area (TPSA) is 51.2 Å². The predicted molar refractivity (Wildman–Crippen MR) is 93.7 cm³/mol. The zero-order valence-corrected chi connectivity index (χ0v) is 15.0. The maximum absolute atomic E-state index is 12.4. The van der Waals surface area contributed by atoms with Crippen LogP contribution in [0.3, 0.4) is 0 Å². The molecule has 1 amide bonds. The molecule has 0 radical (unpaired) electrons. The van der Waals surface area contributed by atoms with Gasteiger partial charge in [-0.3, -0.25) is 9.69 Å². The number of carbonyl (C=O) groups is 1. The average Bonchev–Trinajstić information content (AvgIpc) is 3.00. The molecule has 7 heteroatoms. The van der Waals surface area contributed by atoms with Gasteiger partial charge in [0.25, 0.3) is 0 Å². The van der Waals surface area contributed by atoms with Crippen molar-refractivity contribution in [2.75, 3.05) is 59.4 Å². The van der Waals surface area contributed by atoms with E-state index in [1.807, 2.05) is 23.1 Å². The first-order chi connectivity index (χ1) is 11.7. The lowest BCUT2D eigenvalue weighted by Gasteiger charge is -2.31. The van der Waals surface area contributed by atoms with Crippen molar-refractivity contribution < 1.29 is 19.0 Å². The number of thioether (sulfide) groups is 1. The summed E-state index contributed by atoms with van der Waals surface area (Å²) < 4.78 is 16.3. The smallest absolute Gasteiger partial charge is 0.233 e. The monoisotopic (exact) mass is 352 g/mol. The molecule has 1 aromatic rings. The standard InChI is InChI=1S/C17H24N2O4S/c1-21-14-5-3-4-13(16(14)22-2)17-19(15(20)12-24-17)7-6-18-8-10-23-11-9-18/h3-5,17H,6-12H2,1-2H3. The highest BCUT2D eigenvalue weighted by Gasteiger charge is 2.35. The number of morpholine rings is 1. The Kier molecular flexibility index (Phi) is 5.86. The molecule has 0 saturated carbocycles. The van der Waals surface area contributed by atoms with E-state index in [1.165, 1.54) is 0 Å². The van der Waals surface area contributed by atoms with Crippen LogP contribution in [-0.2, 0) is 9.53 Å².